The van der Waals surface area contributed by atoms with Crippen molar-refractivity contribution < 1.29 is 35.1 Å². The predicted octanol–water partition coefficient (Wildman–Crippen LogP) is 6.25. The highest BCUT2D eigenvalue weighted by atomic mass is 16.4. The monoisotopic (exact) mass is 549 g/mol. The zero-order valence-electron chi connectivity index (χ0n) is 24.9. The molecular formula is C30H63NO7. The molecule has 0 spiro atoms. The van der Waals surface area contributed by atoms with Gasteiger partial charge < -0.3 is 25.5 Å². The van der Waals surface area contributed by atoms with Gasteiger partial charge in [0.05, 0.1) is 19.8 Å². The number of aliphatic hydroxyl groups excluding tert-OH is 3. The normalized spacial score (nSPS) is 10.5. The van der Waals surface area contributed by atoms with Gasteiger partial charge >= 0.3 is 11.9 Å². The van der Waals surface area contributed by atoms with Crippen molar-refractivity contribution in [3.05, 3.63) is 0 Å². The molecule has 0 saturated heterocycles. The van der Waals surface area contributed by atoms with Crippen molar-refractivity contribution in [1.29, 1.82) is 0 Å². The van der Waals surface area contributed by atoms with Gasteiger partial charge in [-0.1, -0.05) is 117 Å². The zero-order chi connectivity index (χ0) is 29.1. The summed E-state index contributed by atoms with van der Waals surface area (Å²) in [5.74, 6) is -1.32. The number of hydrogen-bond donors (Lipinski definition) is 5. The zero-order valence-corrected chi connectivity index (χ0v) is 24.9. The van der Waals surface area contributed by atoms with Crippen LogP contribution >= 0.6 is 0 Å². The van der Waals surface area contributed by atoms with E-state index in [1.165, 1.54) is 89.9 Å². The fourth-order valence-corrected chi connectivity index (χ4v) is 3.93. The van der Waals surface area contributed by atoms with Crippen LogP contribution in [0.4, 0.5) is 0 Å². The second-order valence-electron chi connectivity index (χ2n) is 9.96. The molecule has 0 aromatic rings. The molecule has 0 aromatic heterocycles. The number of unbranched alkanes of at least 4 members (excludes halogenated alkanes) is 16. The van der Waals surface area contributed by atoms with Crippen LogP contribution in [0.25, 0.3) is 0 Å². The van der Waals surface area contributed by atoms with E-state index < -0.39 is 11.9 Å². The van der Waals surface area contributed by atoms with Crippen LogP contribution < -0.4 is 0 Å². The highest BCUT2D eigenvalue weighted by Crippen LogP contribution is 2.11. The number of carboxylic acid groups (broad SMARTS) is 2. The first-order valence-corrected chi connectivity index (χ1v) is 15.4. The van der Waals surface area contributed by atoms with Crippen LogP contribution in [0.3, 0.4) is 0 Å². The maximum Gasteiger partial charge on any atom is 0.303 e. The van der Waals surface area contributed by atoms with Gasteiger partial charge in [0.1, 0.15) is 0 Å². The standard InChI is InChI=1S/2C12H24O2.C6H15NO3/c2*1-2-3-4-5-6-7-8-9-10-11-12(13)14;8-4-1-7(2-5-9)3-6-10/h2*2-11H2,1H3,(H,13,14);8-10H,1-6H2. The van der Waals surface area contributed by atoms with Crippen molar-refractivity contribution in [3.8, 4) is 0 Å². The van der Waals surface area contributed by atoms with E-state index in [1.807, 2.05) is 0 Å². The fourth-order valence-electron chi connectivity index (χ4n) is 3.93. The van der Waals surface area contributed by atoms with Crippen molar-refractivity contribution >= 4 is 11.9 Å². The number of aliphatic carboxylic acids is 2. The number of nitrogens with zero attached hydrogens (tertiary/aromatic N) is 1. The Morgan fingerprint density at radius 2 is 0.684 bits per heavy atom. The number of carboxylic acids is 2. The van der Waals surface area contributed by atoms with E-state index in [4.69, 9.17) is 25.5 Å². The maximum absolute atomic E-state index is 10.2. The van der Waals surface area contributed by atoms with Crippen molar-refractivity contribution in [1.82, 2.24) is 4.90 Å². The van der Waals surface area contributed by atoms with E-state index >= 15 is 0 Å². The van der Waals surface area contributed by atoms with Crippen molar-refractivity contribution in [2.45, 2.75) is 142 Å². The Kier molecular flexibility index (Phi) is 41.2. The molecule has 0 aliphatic heterocycles. The number of rotatable bonds is 26. The summed E-state index contributed by atoms with van der Waals surface area (Å²) in [6, 6.07) is 0. The molecule has 0 unspecified atom stereocenters. The van der Waals surface area contributed by atoms with Crippen LogP contribution in [0.5, 0.6) is 0 Å². The predicted molar refractivity (Wildman–Crippen MR) is 157 cm³/mol. The number of carbonyl (C=O) groups is 2. The summed E-state index contributed by atoms with van der Waals surface area (Å²) in [7, 11) is 0. The first kappa shape index (κ1) is 41.3. The molecule has 230 valence electrons. The summed E-state index contributed by atoms with van der Waals surface area (Å²) < 4.78 is 0. The van der Waals surface area contributed by atoms with Crippen LogP contribution in [0.15, 0.2) is 0 Å². The second kappa shape index (κ2) is 37.9. The van der Waals surface area contributed by atoms with Gasteiger partial charge in [0.25, 0.3) is 0 Å². The smallest absolute Gasteiger partial charge is 0.303 e. The molecule has 5 N–H and O–H groups in total. The lowest BCUT2D eigenvalue weighted by atomic mass is 10.1. The Morgan fingerprint density at radius 3 is 0.895 bits per heavy atom. The van der Waals surface area contributed by atoms with E-state index in [0.29, 0.717) is 32.5 Å². The van der Waals surface area contributed by atoms with Gasteiger partial charge in [-0.3, -0.25) is 14.5 Å². The Hall–Kier alpha value is -1.22. The molecule has 0 atom stereocenters. The third-order valence-electron chi connectivity index (χ3n) is 6.24. The van der Waals surface area contributed by atoms with Gasteiger partial charge in [0.2, 0.25) is 0 Å². The lowest BCUT2D eigenvalue weighted by Gasteiger charge is -2.17. The molecule has 0 radical (unpaired) electrons. The van der Waals surface area contributed by atoms with Gasteiger partial charge in [-0.25, -0.2) is 0 Å². The Bertz CT molecular complexity index is 418. The molecule has 38 heavy (non-hydrogen) atoms. The molecule has 8 nitrogen and oxygen atoms in total. The quantitative estimate of drug-likeness (QED) is 0.0798. The number of aliphatic hydroxyl groups is 3. The van der Waals surface area contributed by atoms with E-state index in [-0.39, 0.29) is 19.8 Å². The van der Waals surface area contributed by atoms with Gasteiger partial charge in [-0.2, -0.15) is 0 Å². The summed E-state index contributed by atoms with van der Waals surface area (Å²) in [5.41, 5.74) is 0. The maximum atomic E-state index is 10.2. The average Bonchev–Trinajstić information content (AvgIpc) is 2.88. The number of hydrogen-bond acceptors (Lipinski definition) is 6. The van der Waals surface area contributed by atoms with Crippen LogP contribution in [0, 0.1) is 0 Å². The molecule has 0 saturated carbocycles. The first-order valence-electron chi connectivity index (χ1n) is 15.4. The molecule has 0 bridgehead atoms. The average molecular weight is 550 g/mol. The lowest BCUT2D eigenvalue weighted by Crippen LogP contribution is -2.32. The molecule has 0 aliphatic carbocycles. The minimum atomic E-state index is -0.659. The highest BCUT2D eigenvalue weighted by molar-refractivity contribution is 5.66. The van der Waals surface area contributed by atoms with E-state index in [2.05, 4.69) is 13.8 Å². The Morgan fingerprint density at radius 1 is 0.447 bits per heavy atom. The van der Waals surface area contributed by atoms with Gasteiger partial charge in [-0.15, -0.1) is 0 Å². The van der Waals surface area contributed by atoms with Crippen LogP contribution in [-0.4, -0.2) is 81.8 Å². The lowest BCUT2D eigenvalue weighted by molar-refractivity contribution is -0.138. The molecule has 0 aliphatic rings. The molecular weight excluding hydrogens is 486 g/mol. The van der Waals surface area contributed by atoms with Crippen LogP contribution in [0.2, 0.25) is 0 Å². The third kappa shape index (κ3) is 44.8. The molecule has 0 amide bonds. The van der Waals surface area contributed by atoms with Crippen molar-refractivity contribution in [2.75, 3.05) is 39.5 Å². The topological polar surface area (TPSA) is 139 Å². The summed E-state index contributed by atoms with van der Waals surface area (Å²) in [5, 5.41) is 42.3. The molecule has 0 rings (SSSR count). The molecule has 0 heterocycles. The SMILES string of the molecule is CCCCCCCCCCCC(=O)O.CCCCCCCCCCCC(=O)O.OCCN(CCO)CCO. The Labute approximate surface area is 233 Å². The minimum Gasteiger partial charge on any atom is -0.481 e. The van der Waals surface area contributed by atoms with Gasteiger partial charge in [0, 0.05) is 32.5 Å². The van der Waals surface area contributed by atoms with E-state index in [1.54, 1.807) is 4.90 Å². The van der Waals surface area contributed by atoms with Gasteiger partial charge in [-0.05, 0) is 12.8 Å². The van der Waals surface area contributed by atoms with Crippen molar-refractivity contribution in [2.24, 2.45) is 0 Å². The second-order valence-corrected chi connectivity index (χ2v) is 9.96. The summed E-state index contributed by atoms with van der Waals surface area (Å²) >= 11 is 0. The van der Waals surface area contributed by atoms with Crippen molar-refractivity contribution in [3.63, 3.8) is 0 Å². The largest absolute Gasteiger partial charge is 0.481 e. The van der Waals surface area contributed by atoms with Crippen LogP contribution in [0.1, 0.15) is 142 Å². The van der Waals surface area contributed by atoms with E-state index in [9.17, 15) is 9.59 Å². The minimum absolute atomic E-state index is 0.0694. The molecule has 8 heteroatoms. The summed E-state index contributed by atoms with van der Waals surface area (Å²) in [6.07, 6.45) is 23.0. The highest BCUT2D eigenvalue weighted by Gasteiger charge is 2.00. The first-order chi connectivity index (χ1) is 18.4. The fraction of sp³-hybridized carbons (Fsp3) is 0.933. The molecule has 0 aromatic carbocycles. The summed E-state index contributed by atoms with van der Waals surface area (Å²) in [4.78, 5) is 22.2. The Balaban J connectivity index is -0.000000492. The van der Waals surface area contributed by atoms with E-state index in [0.717, 1.165) is 25.7 Å². The third-order valence-corrected chi connectivity index (χ3v) is 6.24. The van der Waals surface area contributed by atoms with Crippen LogP contribution in [-0.2, 0) is 9.59 Å². The molecule has 0 fully saturated rings. The van der Waals surface area contributed by atoms with Gasteiger partial charge in [0.15, 0.2) is 0 Å². The summed E-state index contributed by atoms with van der Waals surface area (Å²) in [6.45, 7) is 6.21.